The molecule has 0 saturated carbocycles. The van der Waals surface area contributed by atoms with Crippen LogP contribution in [0.2, 0.25) is 0 Å². The van der Waals surface area contributed by atoms with Crippen molar-refractivity contribution >= 4 is 43.1 Å². The van der Waals surface area contributed by atoms with Gasteiger partial charge in [0.05, 0.1) is 0 Å². The highest BCUT2D eigenvalue weighted by Crippen LogP contribution is 2.33. The summed E-state index contributed by atoms with van der Waals surface area (Å²) in [5.41, 5.74) is 9.68. The SMILES string of the molecule is Cc1ccc2cc3ccc(Cc4c(C)cc5cc6ccc(C)cc6cc5c4C)c(C)c3cc2c1. The maximum Gasteiger partial charge on any atom is -0.00174 e. The third kappa shape index (κ3) is 3.37. The quantitative estimate of drug-likeness (QED) is 0.236. The summed E-state index contributed by atoms with van der Waals surface area (Å²) in [7, 11) is 0. The van der Waals surface area contributed by atoms with Gasteiger partial charge in [0, 0.05) is 0 Å². The van der Waals surface area contributed by atoms with Crippen LogP contribution in [0, 0.1) is 34.6 Å². The number of aryl methyl sites for hydroxylation is 5. The summed E-state index contributed by atoms with van der Waals surface area (Å²) in [5, 5.41) is 10.7. The van der Waals surface area contributed by atoms with Crippen LogP contribution in [-0.4, -0.2) is 0 Å². The molecule has 0 unspecified atom stereocenters. The highest BCUT2D eigenvalue weighted by atomic mass is 14.2. The van der Waals surface area contributed by atoms with Gasteiger partial charge in [-0.2, -0.15) is 0 Å². The minimum absolute atomic E-state index is 0.965. The first-order chi connectivity index (χ1) is 16.4. The maximum atomic E-state index is 2.39. The van der Waals surface area contributed by atoms with Crippen LogP contribution in [0.25, 0.3) is 43.1 Å². The van der Waals surface area contributed by atoms with Crippen molar-refractivity contribution in [2.45, 2.75) is 41.0 Å². The van der Waals surface area contributed by atoms with E-state index in [2.05, 4.69) is 113 Å². The number of rotatable bonds is 2. The van der Waals surface area contributed by atoms with E-state index in [1.807, 2.05) is 0 Å². The van der Waals surface area contributed by atoms with Crippen molar-refractivity contribution in [2.75, 3.05) is 0 Å². The van der Waals surface area contributed by atoms with Gasteiger partial charge in [0.1, 0.15) is 0 Å². The Morgan fingerprint density at radius 2 is 1.00 bits per heavy atom. The van der Waals surface area contributed by atoms with Crippen molar-refractivity contribution in [3.05, 3.63) is 118 Å². The molecule has 0 fully saturated rings. The molecule has 0 heteroatoms. The van der Waals surface area contributed by atoms with Gasteiger partial charge >= 0.3 is 0 Å². The second kappa shape index (κ2) is 7.71. The van der Waals surface area contributed by atoms with Gasteiger partial charge in [0.2, 0.25) is 0 Å². The normalized spacial score (nSPS) is 11.8. The zero-order chi connectivity index (χ0) is 23.6. The molecule has 0 saturated heterocycles. The Kier molecular flexibility index (Phi) is 4.74. The summed E-state index contributed by atoms with van der Waals surface area (Å²) >= 11 is 0. The van der Waals surface area contributed by atoms with Crippen molar-refractivity contribution in [1.29, 1.82) is 0 Å². The summed E-state index contributed by atoms with van der Waals surface area (Å²) in [5.74, 6) is 0. The first-order valence-corrected chi connectivity index (χ1v) is 12.2. The van der Waals surface area contributed by atoms with E-state index in [1.165, 1.54) is 82.0 Å². The Bertz CT molecular complexity index is 1770. The van der Waals surface area contributed by atoms with Gasteiger partial charge in [-0.3, -0.25) is 0 Å². The van der Waals surface area contributed by atoms with Gasteiger partial charge in [-0.1, -0.05) is 65.7 Å². The predicted octanol–water partition coefficient (Wildman–Crippen LogP) is 9.43. The fourth-order valence-electron chi connectivity index (χ4n) is 5.70. The van der Waals surface area contributed by atoms with E-state index in [1.54, 1.807) is 0 Å². The fourth-order valence-corrected chi connectivity index (χ4v) is 5.70. The second-order valence-electron chi connectivity index (χ2n) is 10.2. The molecule has 166 valence electrons. The number of benzene rings is 6. The molecule has 0 radical (unpaired) electrons. The van der Waals surface area contributed by atoms with Gasteiger partial charge in [0.15, 0.2) is 0 Å². The third-order valence-electron chi connectivity index (χ3n) is 7.75. The van der Waals surface area contributed by atoms with Gasteiger partial charge in [-0.15, -0.1) is 0 Å². The molecule has 6 rings (SSSR count). The Morgan fingerprint density at radius 3 is 1.65 bits per heavy atom. The smallest absolute Gasteiger partial charge is 0.00174 e. The van der Waals surface area contributed by atoms with Crippen molar-refractivity contribution in [3.63, 3.8) is 0 Å². The molecule has 0 aliphatic heterocycles. The molecule has 0 N–H and O–H groups in total. The van der Waals surface area contributed by atoms with Crippen LogP contribution in [0.5, 0.6) is 0 Å². The van der Waals surface area contributed by atoms with E-state index in [-0.39, 0.29) is 0 Å². The lowest BCUT2D eigenvalue weighted by Gasteiger charge is -2.17. The molecule has 0 amide bonds. The first-order valence-electron chi connectivity index (χ1n) is 12.2. The highest BCUT2D eigenvalue weighted by molar-refractivity contribution is 6.01. The fraction of sp³-hybridized carbons (Fsp3) is 0.176. The molecule has 0 heterocycles. The molecule has 0 spiro atoms. The van der Waals surface area contributed by atoms with Crippen LogP contribution in [-0.2, 0) is 6.42 Å². The van der Waals surface area contributed by atoms with E-state index in [4.69, 9.17) is 0 Å². The van der Waals surface area contributed by atoms with Crippen molar-refractivity contribution in [3.8, 4) is 0 Å². The van der Waals surface area contributed by atoms with Crippen LogP contribution >= 0.6 is 0 Å². The van der Waals surface area contributed by atoms with Crippen LogP contribution in [0.4, 0.5) is 0 Å². The molecule has 6 aromatic rings. The third-order valence-corrected chi connectivity index (χ3v) is 7.75. The minimum atomic E-state index is 0.965. The summed E-state index contributed by atoms with van der Waals surface area (Å²) in [4.78, 5) is 0. The second-order valence-corrected chi connectivity index (χ2v) is 10.2. The summed E-state index contributed by atoms with van der Waals surface area (Å²) in [6.07, 6.45) is 0.965. The average Bonchev–Trinajstić information content (AvgIpc) is 2.81. The molecule has 6 aromatic carbocycles. The first kappa shape index (κ1) is 20.9. The molecule has 0 aliphatic rings. The van der Waals surface area contributed by atoms with Crippen LogP contribution < -0.4 is 0 Å². The van der Waals surface area contributed by atoms with Crippen LogP contribution in [0.3, 0.4) is 0 Å². The monoisotopic (exact) mass is 438 g/mol. The molecule has 34 heavy (non-hydrogen) atoms. The van der Waals surface area contributed by atoms with E-state index in [0.29, 0.717) is 0 Å². The van der Waals surface area contributed by atoms with E-state index in [9.17, 15) is 0 Å². The molecule has 0 aromatic heterocycles. The Balaban J connectivity index is 1.50. The number of fused-ring (bicyclic) bond motifs is 4. The largest absolute Gasteiger partial charge is 0.0587 e. The Hall–Kier alpha value is -3.64. The summed E-state index contributed by atoms with van der Waals surface area (Å²) in [6.45, 7) is 11.2. The van der Waals surface area contributed by atoms with Gasteiger partial charge < -0.3 is 0 Å². The Labute approximate surface area is 201 Å². The van der Waals surface area contributed by atoms with Gasteiger partial charge in [-0.05, 0) is 136 Å². The van der Waals surface area contributed by atoms with Crippen LogP contribution in [0.15, 0.2) is 78.9 Å². The Morgan fingerprint density at radius 1 is 0.441 bits per heavy atom. The average molecular weight is 439 g/mol. The van der Waals surface area contributed by atoms with E-state index >= 15 is 0 Å². The van der Waals surface area contributed by atoms with Gasteiger partial charge in [0.25, 0.3) is 0 Å². The molecule has 0 aliphatic carbocycles. The van der Waals surface area contributed by atoms with Crippen molar-refractivity contribution in [1.82, 2.24) is 0 Å². The van der Waals surface area contributed by atoms with Crippen LogP contribution in [0.1, 0.15) is 38.9 Å². The summed E-state index contributed by atoms with van der Waals surface area (Å²) in [6, 6.07) is 29.9. The number of hydrogen-bond acceptors (Lipinski definition) is 0. The predicted molar refractivity (Wildman–Crippen MR) is 149 cm³/mol. The highest BCUT2D eigenvalue weighted by Gasteiger charge is 2.13. The molecular weight excluding hydrogens is 408 g/mol. The van der Waals surface area contributed by atoms with Crippen molar-refractivity contribution in [2.24, 2.45) is 0 Å². The maximum absolute atomic E-state index is 2.39. The summed E-state index contributed by atoms with van der Waals surface area (Å²) < 4.78 is 0. The lowest BCUT2D eigenvalue weighted by Crippen LogP contribution is -1.99. The molecule has 0 nitrogen and oxygen atoms in total. The van der Waals surface area contributed by atoms with E-state index in [0.717, 1.165) is 6.42 Å². The molecular formula is C34H30. The lowest BCUT2D eigenvalue weighted by molar-refractivity contribution is 1.12. The zero-order valence-corrected chi connectivity index (χ0v) is 20.7. The standard InChI is InChI=1S/C34H30/c1-20-6-8-26-15-28-11-10-25(23(4)33(28)18-29(26)12-20)17-32-22(3)14-31-16-27-9-7-21(2)13-30(27)19-34(31)24(32)5/h6-16,18-19H,17H2,1-5H3. The van der Waals surface area contributed by atoms with Gasteiger partial charge in [-0.25, -0.2) is 0 Å². The van der Waals surface area contributed by atoms with E-state index < -0.39 is 0 Å². The van der Waals surface area contributed by atoms with Crippen molar-refractivity contribution < 1.29 is 0 Å². The minimum Gasteiger partial charge on any atom is -0.0587 e. The zero-order valence-electron chi connectivity index (χ0n) is 20.7. The number of hydrogen-bond donors (Lipinski definition) is 0. The molecule has 0 atom stereocenters. The topological polar surface area (TPSA) is 0 Å². The lowest BCUT2D eigenvalue weighted by atomic mass is 9.87. The molecule has 0 bridgehead atoms.